The third kappa shape index (κ3) is 4.66. The lowest BCUT2D eigenvalue weighted by molar-refractivity contribution is 0.0739. The standard InChI is InChI=1S/C19H25N3O4SSi/c1-25-12-21-15-6-5-14(11-17(15)27-19(21)24)18(23)16-7-8-20-22(16)13-26-9-10-28(2,3)4/h5-8,11H,9-10,12-13H2,1-4H3. The molecule has 9 heteroatoms. The lowest BCUT2D eigenvalue weighted by Crippen LogP contribution is -2.22. The molecule has 0 fully saturated rings. The lowest BCUT2D eigenvalue weighted by Gasteiger charge is -2.15. The summed E-state index contributed by atoms with van der Waals surface area (Å²) in [7, 11) is 0.383. The van der Waals surface area contributed by atoms with Crippen LogP contribution in [0.1, 0.15) is 16.1 Å². The number of carbonyl (C=O) groups excluding carboxylic acids is 1. The van der Waals surface area contributed by atoms with Crippen molar-refractivity contribution in [3.05, 3.63) is 51.4 Å². The van der Waals surface area contributed by atoms with Gasteiger partial charge in [0, 0.05) is 33.6 Å². The van der Waals surface area contributed by atoms with E-state index in [1.807, 2.05) is 0 Å². The predicted molar refractivity (Wildman–Crippen MR) is 113 cm³/mol. The molecule has 0 saturated carbocycles. The van der Waals surface area contributed by atoms with E-state index >= 15 is 0 Å². The molecule has 0 aliphatic heterocycles. The number of aromatic nitrogens is 3. The van der Waals surface area contributed by atoms with Gasteiger partial charge in [-0.05, 0) is 30.3 Å². The van der Waals surface area contributed by atoms with Gasteiger partial charge in [-0.1, -0.05) is 31.0 Å². The molecule has 0 radical (unpaired) electrons. The fraction of sp³-hybridized carbons (Fsp3) is 0.421. The largest absolute Gasteiger partial charge is 0.364 e. The Hall–Kier alpha value is -2.07. The quantitative estimate of drug-likeness (QED) is 0.302. The van der Waals surface area contributed by atoms with E-state index in [0.717, 1.165) is 27.6 Å². The first kappa shape index (κ1) is 20.7. The van der Waals surface area contributed by atoms with Gasteiger partial charge in [-0.3, -0.25) is 14.2 Å². The minimum Gasteiger partial charge on any atom is -0.364 e. The molecule has 28 heavy (non-hydrogen) atoms. The first-order valence-electron chi connectivity index (χ1n) is 9.07. The lowest BCUT2D eigenvalue weighted by atomic mass is 10.1. The minimum atomic E-state index is -1.16. The summed E-state index contributed by atoms with van der Waals surface area (Å²) < 4.78 is 14.7. The highest BCUT2D eigenvalue weighted by Crippen LogP contribution is 2.21. The Morgan fingerprint density at radius 3 is 2.71 bits per heavy atom. The molecule has 0 atom stereocenters. The van der Waals surface area contributed by atoms with Gasteiger partial charge in [0.2, 0.25) is 5.78 Å². The topological polar surface area (TPSA) is 75.4 Å². The highest BCUT2D eigenvalue weighted by molar-refractivity contribution is 7.16. The smallest absolute Gasteiger partial charge is 0.310 e. The van der Waals surface area contributed by atoms with Crippen LogP contribution in [0, 0.1) is 0 Å². The summed E-state index contributed by atoms with van der Waals surface area (Å²) in [6, 6.07) is 8.01. The Morgan fingerprint density at radius 1 is 1.21 bits per heavy atom. The zero-order chi connectivity index (χ0) is 20.3. The molecule has 0 spiro atoms. The molecule has 0 amide bonds. The number of hydrogen-bond donors (Lipinski definition) is 0. The summed E-state index contributed by atoms with van der Waals surface area (Å²) in [6.07, 6.45) is 1.60. The second kappa shape index (κ2) is 8.52. The van der Waals surface area contributed by atoms with Crippen LogP contribution in [0.3, 0.4) is 0 Å². The number of fused-ring (bicyclic) bond motifs is 1. The summed E-state index contributed by atoms with van der Waals surface area (Å²) in [4.78, 5) is 25.0. The number of ether oxygens (including phenoxy) is 2. The maximum Gasteiger partial charge on any atom is 0.310 e. The zero-order valence-electron chi connectivity index (χ0n) is 16.6. The Labute approximate surface area is 168 Å². The highest BCUT2D eigenvalue weighted by atomic mass is 32.1. The molecule has 0 N–H and O–H groups in total. The van der Waals surface area contributed by atoms with E-state index in [1.165, 1.54) is 0 Å². The van der Waals surface area contributed by atoms with Crippen molar-refractivity contribution in [1.29, 1.82) is 0 Å². The number of benzene rings is 1. The van der Waals surface area contributed by atoms with Crippen molar-refractivity contribution in [2.45, 2.75) is 39.1 Å². The van der Waals surface area contributed by atoms with E-state index in [2.05, 4.69) is 24.7 Å². The van der Waals surface area contributed by atoms with Gasteiger partial charge in [0.05, 0.1) is 10.2 Å². The van der Waals surface area contributed by atoms with Gasteiger partial charge >= 0.3 is 4.87 Å². The summed E-state index contributed by atoms with van der Waals surface area (Å²) in [6.45, 7) is 7.99. The predicted octanol–water partition coefficient (Wildman–Crippen LogP) is 3.41. The van der Waals surface area contributed by atoms with E-state index in [-0.39, 0.29) is 24.1 Å². The Bertz CT molecular complexity index is 1030. The molecule has 0 saturated heterocycles. The molecule has 3 rings (SSSR count). The normalized spacial score (nSPS) is 12.0. The van der Waals surface area contributed by atoms with Gasteiger partial charge in [0.15, 0.2) is 0 Å². The van der Waals surface area contributed by atoms with Crippen LogP contribution < -0.4 is 4.87 Å². The number of hydrogen-bond acceptors (Lipinski definition) is 6. The Morgan fingerprint density at radius 2 is 2.00 bits per heavy atom. The first-order valence-corrected chi connectivity index (χ1v) is 13.6. The summed E-state index contributed by atoms with van der Waals surface area (Å²) in [5.74, 6) is -0.146. The number of rotatable bonds is 9. The average molecular weight is 420 g/mol. The van der Waals surface area contributed by atoms with E-state index in [9.17, 15) is 9.59 Å². The molecule has 150 valence electrons. The number of methoxy groups -OCH3 is 1. The van der Waals surface area contributed by atoms with Crippen LogP contribution in [0.2, 0.25) is 25.7 Å². The van der Waals surface area contributed by atoms with Gasteiger partial charge in [-0.25, -0.2) is 4.68 Å². The van der Waals surface area contributed by atoms with Crippen LogP contribution in [0.5, 0.6) is 0 Å². The molecule has 1 aromatic carbocycles. The number of nitrogens with zero attached hydrogens (tertiary/aromatic N) is 3. The van der Waals surface area contributed by atoms with Gasteiger partial charge in [0.1, 0.15) is 19.2 Å². The first-order chi connectivity index (χ1) is 13.3. The summed E-state index contributed by atoms with van der Waals surface area (Å²) in [5, 5.41) is 4.22. The van der Waals surface area contributed by atoms with E-state index in [0.29, 0.717) is 17.9 Å². The van der Waals surface area contributed by atoms with Crippen molar-refractivity contribution >= 4 is 35.4 Å². The van der Waals surface area contributed by atoms with E-state index in [1.54, 1.807) is 46.8 Å². The summed E-state index contributed by atoms with van der Waals surface area (Å²) >= 11 is 1.10. The number of thiazole rings is 1. The van der Waals surface area contributed by atoms with Crippen LogP contribution in [0.4, 0.5) is 0 Å². The van der Waals surface area contributed by atoms with Gasteiger partial charge in [0.25, 0.3) is 0 Å². The summed E-state index contributed by atoms with van der Waals surface area (Å²) in [5.41, 5.74) is 1.75. The molecular weight excluding hydrogens is 394 g/mol. The van der Waals surface area contributed by atoms with Gasteiger partial charge < -0.3 is 9.47 Å². The average Bonchev–Trinajstić information content (AvgIpc) is 3.22. The molecule has 0 aliphatic carbocycles. The van der Waals surface area contributed by atoms with Crippen LogP contribution in [0.25, 0.3) is 10.2 Å². The van der Waals surface area contributed by atoms with Crippen LogP contribution in [0.15, 0.2) is 35.3 Å². The van der Waals surface area contributed by atoms with Crippen molar-refractivity contribution < 1.29 is 14.3 Å². The Balaban J connectivity index is 1.77. The maximum absolute atomic E-state index is 13.0. The SMILES string of the molecule is COCn1c(=O)sc2cc(C(=O)c3ccnn3COCC[Si](C)(C)C)ccc21. The monoisotopic (exact) mass is 419 g/mol. The van der Waals surface area contributed by atoms with Crippen molar-refractivity contribution in [3.8, 4) is 0 Å². The second-order valence-corrected chi connectivity index (χ2v) is 14.4. The second-order valence-electron chi connectivity index (χ2n) is 7.79. The molecule has 2 heterocycles. The van der Waals surface area contributed by atoms with Gasteiger partial charge in [-0.15, -0.1) is 0 Å². The molecule has 0 bridgehead atoms. The number of ketones is 1. The molecule has 2 aromatic heterocycles. The van der Waals surface area contributed by atoms with Crippen molar-refractivity contribution in [1.82, 2.24) is 14.3 Å². The molecule has 0 unspecified atom stereocenters. The van der Waals surface area contributed by atoms with Crippen molar-refractivity contribution in [2.24, 2.45) is 0 Å². The van der Waals surface area contributed by atoms with Crippen LogP contribution >= 0.6 is 11.3 Å². The molecule has 7 nitrogen and oxygen atoms in total. The van der Waals surface area contributed by atoms with E-state index < -0.39 is 8.07 Å². The molecule has 0 aliphatic rings. The highest BCUT2D eigenvalue weighted by Gasteiger charge is 2.17. The van der Waals surface area contributed by atoms with E-state index in [4.69, 9.17) is 9.47 Å². The zero-order valence-corrected chi connectivity index (χ0v) is 18.4. The van der Waals surface area contributed by atoms with Gasteiger partial charge in [-0.2, -0.15) is 5.10 Å². The third-order valence-corrected chi connectivity index (χ3v) is 6.99. The molecule has 3 aromatic rings. The molecular formula is C19H25N3O4SSi. The maximum atomic E-state index is 13.0. The van der Waals surface area contributed by atoms with Crippen LogP contribution in [-0.2, 0) is 22.9 Å². The fourth-order valence-corrected chi connectivity index (χ4v) is 4.44. The van der Waals surface area contributed by atoms with Crippen molar-refractivity contribution in [3.63, 3.8) is 0 Å². The van der Waals surface area contributed by atoms with Crippen molar-refractivity contribution in [2.75, 3.05) is 13.7 Å². The van der Waals surface area contributed by atoms with Crippen LogP contribution in [-0.4, -0.2) is 41.9 Å². The Kier molecular flexibility index (Phi) is 6.29. The number of carbonyl (C=O) groups is 1. The minimum absolute atomic E-state index is 0.109. The third-order valence-electron chi connectivity index (χ3n) is 4.35. The fourth-order valence-electron chi connectivity index (χ4n) is 2.76.